The monoisotopic (exact) mass is 359 g/mol. The number of carbonyl (C=O) groups excluding carboxylic acids is 1. The lowest BCUT2D eigenvalue weighted by molar-refractivity contribution is 0.0932. The van der Waals surface area contributed by atoms with Crippen molar-refractivity contribution in [3.63, 3.8) is 0 Å². The first kappa shape index (κ1) is 19.5. The summed E-state index contributed by atoms with van der Waals surface area (Å²) < 4.78 is 15.4. The van der Waals surface area contributed by atoms with E-state index in [1.807, 2.05) is 24.3 Å². The highest BCUT2D eigenvalue weighted by Gasteiger charge is 2.07. The first-order valence-electron chi connectivity index (χ1n) is 8.36. The molecule has 0 radical (unpaired) electrons. The van der Waals surface area contributed by atoms with Gasteiger partial charge in [0.2, 0.25) is 0 Å². The number of nitrogens with zero attached hydrogens (tertiary/aromatic N) is 1. The van der Waals surface area contributed by atoms with Crippen LogP contribution >= 0.6 is 0 Å². The summed E-state index contributed by atoms with van der Waals surface area (Å²) in [5.41, 5.74) is 2.38. The van der Waals surface area contributed by atoms with Gasteiger partial charge in [-0.05, 0) is 36.2 Å². The highest BCUT2D eigenvalue weighted by Crippen LogP contribution is 2.27. The van der Waals surface area contributed by atoms with Crippen molar-refractivity contribution >= 4 is 11.6 Å². The van der Waals surface area contributed by atoms with Crippen molar-refractivity contribution in [2.45, 2.75) is 6.42 Å². The molecule has 0 aliphatic carbocycles. The molecule has 1 aromatic heterocycles. The fourth-order valence-corrected chi connectivity index (χ4v) is 2.38. The summed E-state index contributed by atoms with van der Waals surface area (Å²) in [6.07, 6.45) is 2.47. The molecular weight excluding hydrogens is 334 g/mol. The lowest BCUT2D eigenvalue weighted by Crippen LogP contribution is -2.27. The Labute approximate surface area is 153 Å². The van der Waals surface area contributed by atoms with Crippen LogP contribution in [0.15, 0.2) is 36.5 Å². The van der Waals surface area contributed by atoms with Crippen LogP contribution in [0.25, 0.3) is 0 Å². The Hall–Kier alpha value is -2.80. The SMILES string of the molecule is COCCNC(=O)c1ccc(NCCc2ccc(OC)c(OC)c2)cn1. The molecule has 1 aromatic carbocycles. The second kappa shape index (κ2) is 10.2. The number of pyridine rings is 1. The van der Waals surface area contributed by atoms with Crippen molar-refractivity contribution in [3.05, 3.63) is 47.8 Å². The Kier molecular flexibility index (Phi) is 7.70. The number of aromatic nitrogens is 1. The summed E-state index contributed by atoms with van der Waals surface area (Å²) in [6, 6.07) is 9.40. The summed E-state index contributed by atoms with van der Waals surface area (Å²) in [4.78, 5) is 16.1. The normalized spacial score (nSPS) is 10.3. The Morgan fingerprint density at radius 3 is 2.50 bits per heavy atom. The van der Waals surface area contributed by atoms with Crippen LogP contribution in [-0.2, 0) is 11.2 Å². The number of rotatable bonds is 10. The minimum absolute atomic E-state index is 0.209. The third-order valence-corrected chi connectivity index (χ3v) is 3.78. The van der Waals surface area contributed by atoms with Crippen LogP contribution in [0.2, 0.25) is 0 Å². The average Bonchev–Trinajstić information content (AvgIpc) is 2.68. The molecule has 26 heavy (non-hydrogen) atoms. The Bertz CT molecular complexity index is 704. The summed E-state index contributed by atoms with van der Waals surface area (Å²) in [5.74, 6) is 1.22. The van der Waals surface area contributed by atoms with Crippen molar-refractivity contribution < 1.29 is 19.0 Å². The van der Waals surface area contributed by atoms with Gasteiger partial charge in [0, 0.05) is 20.2 Å². The summed E-state index contributed by atoms with van der Waals surface area (Å²) >= 11 is 0. The first-order valence-corrected chi connectivity index (χ1v) is 8.36. The standard InChI is InChI=1S/C19H25N3O4/c1-24-11-10-21-19(23)16-6-5-15(13-22-16)20-9-8-14-4-7-17(25-2)18(12-14)26-3/h4-7,12-13,20H,8-11H2,1-3H3,(H,21,23). The quantitative estimate of drug-likeness (QED) is 0.633. The Morgan fingerprint density at radius 1 is 1.04 bits per heavy atom. The maximum atomic E-state index is 11.9. The average molecular weight is 359 g/mol. The highest BCUT2D eigenvalue weighted by atomic mass is 16.5. The molecule has 2 aromatic rings. The number of benzene rings is 1. The van der Waals surface area contributed by atoms with E-state index in [2.05, 4.69) is 15.6 Å². The second-order valence-electron chi connectivity index (χ2n) is 5.55. The third kappa shape index (κ3) is 5.63. The van der Waals surface area contributed by atoms with Gasteiger partial charge in [0.15, 0.2) is 11.5 Å². The van der Waals surface area contributed by atoms with E-state index < -0.39 is 0 Å². The molecular formula is C19H25N3O4. The zero-order valence-electron chi connectivity index (χ0n) is 15.4. The number of ether oxygens (including phenoxy) is 3. The van der Waals surface area contributed by atoms with Crippen LogP contribution in [0.5, 0.6) is 11.5 Å². The Morgan fingerprint density at radius 2 is 1.85 bits per heavy atom. The van der Waals surface area contributed by atoms with Crippen molar-refractivity contribution in [3.8, 4) is 11.5 Å². The van der Waals surface area contributed by atoms with Crippen LogP contribution in [0.4, 0.5) is 5.69 Å². The minimum Gasteiger partial charge on any atom is -0.493 e. The number of anilines is 1. The topological polar surface area (TPSA) is 81.7 Å². The molecule has 0 aliphatic rings. The van der Waals surface area contributed by atoms with Crippen LogP contribution in [0, 0.1) is 0 Å². The van der Waals surface area contributed by atoms with Crippen molar-refractivity contribution in [1.29, 1.82) is 0 Å². The predicted molar refractivity (Wildman–Crippen MR) is 100 cm³/mol. The zero-order valence-corrected chi connectivity index (χ0v) is 15.4. The minimum atomic E-state index is -0.209. The summed E-state index contributed by atoms with van der Waals surface area (Å²) in [6.45, 7) is 1.67. The molecule has 1 amide bonds. The van der Waals surface area contributed by atoms with E-state index in [1.54, 1.807) is 33.6 Å². The van der Waals surface area contributed by atoms with Gasteiger partial charge in [0.05, 0.1) is 32.7 Å². The largest absolute Gasteiger partial charge is 0.493 e. The molecule has 140 valence electrons. The van der Waals surface area contributed by atoms with Crippen LogP contribution < -0.4 is 20.1 Å². The van der Waals surface area contributed by atoms with Gasteiger partial charge in [-0.2, -0.15) is 0 Å². The van der Waals surface area contributed by atoms with Gasteiger partial charge >= 0.3 is 0 Å². The van der Waals surface area contributed by atoms with E-state index in [4.69, 9.17) is 14.2 Å². The fourth-order valence-electron chi connectivity index (χ4n) is 2.38. The van der Waals surface area contributed by atoms with Gasteiger partial charge in [-0.1, -0.05) is 6.07 Å². The van der Waals surface area contributed by atoms with Crippen LogP contribution in [0.1, 0.15) is 16.1 Å². The smallest absolute Gasteiger partial charge is 0.269 e. The molecule has 0 atom stereocenters. The van der Waals surface area contributed by atoms with Gasteiger partial charge < -0.3 is 24.8 Å². The molecule has 0 saturated heterocycles. The number of hydrogen-bond acceptors (Lipinski definition) is 6. The van der Waals surface area contributed by atoms with E-state index >= 15 is 0 Å². The molecule has 0 saturated carbocycles. The number of hydrogen-bond donors (Lipinski definition) is 2. The maximum absolute atomic E-state index is 11.9. The van der Waals surface area contributed by atoms with E-state index in [-0.39, 0.29) is 5.91 Å². The molecule has 0 bridgehead atoms. The van der Waals surface area contributed by atoms with E-state index in [1.165, 1.54) is 0 Å². The van der Waals surface area contributed by atoms with Crippen LogP contribution in [-0.4, -0.2) is 51.9 Å². The summed E-state index contributed by atoms with van der Waals surface area (Å²) in [5, 5.41) is 6.03. The zero-order chi connectivity index (χ0) is 18.8. The summed E-state index contributed by atoms with van der Waals surface area (Å²) in [7, 11) is 4.83. The molecule has 0 fully saturated rings. The van der Waals surface area contributed by atoms with E-state index in [0.29, 0.717) is 24.6 Å². The molecule has 0 spiro atoms. The molecule has 2 rings (SSSR count). The van der Waals surface area contributed by atoms with Gasteiger partial charge in [-0.25, -0.2) is 4.98 Å². The van der Waals surface area contributed by atoms with E-state index in [9.17, 15) is 4.79 Å². The molecule has 0 aliphatic heterocycles. The second-order valence-corrected chi connectivity index (χ2v) is 5.55. The number of carbonyl (C=O) groups is 1. The number of nitrogens with one attached hydrogen (secondary N) is 2. The third-order valence-electron chi connectivity index (χ3n) is 3.78. The fraction of sp³-hybridized carbons (Fsp3) is 0.368. The maximum Gasteiger partial charge on any atom is 0.269 e. The number of methoxy groups -OCH3 is 3. The molecule has 1 heterocycles. The van der Waals surface area contributed by atoms with Gasteiger partial charge in [-0.15, -0.1) is 0 Å². The molecule has 0 unspecified atom stereocenters. The van der Waals surface area contributed by atoms with Crippen LogP contribution in [0.3, 0.4) is 0 Å². The highest BCUT2D eigenvalue weighted by molar-refractivity contribution is 5.92. The predicted octanol–water partition coefficient (Wildman–Crippen LogP) is 2.13. The van der Waals surface area contributed by atoms with Crippen molar-refractivity contribution in [1.82, 2.24) is 10.3 Å². The van der Waals surface area contributed by atoms with Gasteiger partial charge in [0.1, 0.15) is 5.69 Å². The first-order chi connectivity index (χ1) is 12.7. The lowest BCUT2D eigenvalue weighted by atomic mass is 10.1. The molecule has 7 heteroatoms. The van der Waals surface area contributed by atoms with Gasteiger partial charge in [-0.3, -0.25) is 4.79 Å². The molecule has 2 N–H and O–H groups in total. The molecule has 7 nitrogen and oxygen atoms in total. The van der Waals surface area contributed by atoms with E-state index in [0.717, 1.165) is 30.0 Å². The Balaban J connectivity index is 1.83. The van der Waals surface area contributed by atoms with Gasteiger partial charge in [0.25, 0.3) is 5.91 Å². The number of amides is 1. The van der Waals surface area contributed by atoms with Crippen molar-refractivity contribution in [2.24, 2.45) is 0 Å². The lowest BCUT2D eigenvalue weighted by Gasteiger charge is -2.10. The van der Waals surface area contributed by atoms with Crippen molar-refractivity contribution in [2.75, 3.05) is 46.3 Å².